The van der Waals surface area contributed by atoms with Crippen molar-refractivity contribution in [3.63, 3.8) is 0 Å². The molecule has 0 amide bonds. The molecule has 1 aromatic rings. The molecule has 2 atom stereocenters. The van der Waals surface area contributed by atoms with Gasteiger partial charge in [0.05, 0.1) is 18.1 Å². The first-order chi connectivity index (χ1) is 9.65. The molecule has 0 aromatic heterocycles. The Morgan fingerprint density at radius 3 is 2.55 bits per heavy atom. The number of morpholine rings is 1. The van der Waals surface area contributed by atoms with Crippen molar-refractivity contribution < 1.29 is 14.5 Å². The van der Waals surface area contributed by atoms with Gasteiger partial charge in [-0.2, -0.15) is 0 Å². The molecule has 2 saturated heterocycles. The van der Waals surface area contributed by atoms with Crippen LogP contribution in [0.2, 0.25) is 0 Å². The highest BCUT2D eigenvalue weighted by atomic mass is 16.6. The molecule has 2 bridgehead atoms. The molecular formula is C14H16N2O4. The minimum Gasteiger partial charge on any atom is -0.378 e. The number of nitro groups is 1. The smallest absolute Gasteiger partial charge is 0.273 e. The van der Waals surface area contributed by atoms with E-state index in [-0.39, 0.29) is 28.5 Å². The number of Topliss-reactive ketones (excluding diaryl/α,β-unsaturated/α-hetero) is 1. The van der Waals surface area contributed by atoms with Crippen molar-refractivity contribution >= 4 is 11.5 Å². The van der Waals surface area contributed by atoms with Crippen molar-refractivity contribution in [3.8, 4) is 0 Å². The Hall–Kier alpha value is -1.79. The van der Waals surface area contributed by atoms with Gasteiger partial charge in [0.15, 0.2) is 0 Å². The maximum Gasteiger partial charge on any atom is 0.273 e. The molecule has 0 aliphatic carbocycles. The molecule has 6 nitrogen and oxygen atoms in total. The lowest BCUT2D eigenvalue weighted by atomic mass is 9.92. The zero-order valence-electron chi connectivity index (χ0n) is 11.0. The van der Waals surface area contributed by atoms with Gasteiger partial charge in [-0.15, -0.1) is 0 Å². The number of fused-ring (bicyclic) bond motifs is 2. The Balaban J connectivity index is 1.84. The number of ether oxygens (including phenoxy) is 1. The summed E-state index contributed by atoms with van der Waals surface area (Å²) in [6.07, 6.45) is 0.967. The number of benzene rings is 1. The highest BCUT2D eigenvalue weighted by Crippen LogP contribution is 2.29. The van der Waals surface area contributed by atoms with Gasteiger partial charge in [-0.3, -0.25) is 19.8 Å². The molecule has 2 heterocycles. The Morgan fingerprint density at radius 2 is 1.90 bits per heavy atom. The molecule has 0 N–H and O–H groups in total. The van der Waals surface area contributed by atoms with E-state index in [0.717, 1.165) is 0 Å². The van der Waals surface area contributed by atoms with Crippen LogP contribution in [0, 0.1) is 10.1 Å². The lowest BCUT2D eigenvalue weighted by Crippen LogP contribution is -2.56. The maximum absolute atomic E-state index is 11.7. The second-order valence-electron chi connectivity index (χ2n) is 5.35. The van der Waals surface area contributed by atoms with E-state index in [0.29, 0.717) is 38.2 Å². The van der Waals surface area contributed by atoms with Crippen molar-refractivity contribution in [1.29, 1.82) is 0 Å². The van der Waals surface area contributed by atoms with Crippen LogP contribution in [0.25, 0.3) is 0 Å². The Bertz CT molecular complexity index is 530. The van der Waals surface area contributed by atoms with Gasteiger partial charge in [0.25, 0.3) is 5.69 Å². The average Bonchev–Trinajstić information content (AvgIpc) is 2.40. The normalized spacial score (nSPS) is 26.5. The van der Waals surface area contributed by atoms with Crippen LogP contribution in [-0.2, 0) is 16.1 Å². The third kappa shape index (κ3) is 2.44. The largest absolute Gasteiger partial charge is 0.378 e. The van der Waals surface area contributed by atoms with Gasteiger partial charge in [-0.25, -0.2) is 0 Å². The fraction of sp³-hybridized carbons (Fsp3) is 0.500. The van der Waals surface area contributed by atoms with Crippen LogP contribution in [0.15, 0.2) is 24.3 Å². The topological polar surface area (TPSA) is 72.7 Å². The van der Waals surface area contributed by atoms with E-state index in [1.54, 1.807) is 12.1 Å². The highest BCUT2D eigenvalue weighted by molar-refractivity contribution is 5.80. The Labute approximate surface area is 116 Å². The summed E-state index contributed by atoms with van der Waals surface area (Å²) in [4.78, 5) is 24.6. The van der Waals surface area contributed by atoms with E-state index in [2.05, 4.69) is 4.90 Å². The molecule has 1 aromatic carbocycles. The fourth-order valence-corrected chi connectivity index (χ4v) is 3.07. The first kappa shape index (κ1) is 13.2. The summed E-state index contributed by atoms with van der Waals surface area (Å²) >= 11 is 0. The lowest BCUT2D eigenvalue weighted by Gasteiger charge is -2.44. The van der Waals surface area contributed by atoms with Crippen LogP contribution in [0.4, 0.5) is 5.69 Å². The first-order valence-corrected chi connectivity index (χ1v) is 6.72. The van der Waals surface area contributed by atoms with Crippen molar-refractivity contribution in [3.05, 3.63) is 39.9 Å². The van der Waals surface area contributed by atoms with Gasteiger partial charge < -0.3 is 4.74 Å². The minimum absolute atomic E-state index is 0.0508. The van der Waals surface area contributed by atoms with Crippen LogP contribution >= 0.6 is 0 Å². The standard InChI is InChI=1S/C14H16N2O4/c17-13-5-11-8-20-9-12(6-13)15(11)7-10-3-1-2-4-14(10)16(18)19/h1-4,11-12H,5-9H2. The van der Waals surface area contributed by atoms with Crippen LogP contribution < -0.4 is 0 Å². The lowest BCUT2D eigenvalue weighted by molar-refractivity contribution is -0.385. The maximum atomic E-state index is 11.7. The van der Waals surface area contributed by atoms with Gasteiger partial charge in [0, 0.05) is 43.1 Å². The molecule has 2 aliphatic heterocycles. The van der Waals surface area contributed by atoms with E-state index in [4.69, 9.17) is 4.74 Å². The number of hydrogen-bond acceptors (Lipinski definition) is 5. The predicted octanol–water partition coefficient (Wildman–Crippen LogP) is 1.53. The molecule has 6 heteroatoms. The second-order valence-corrected chi connectivity index (χ2v) is 5.35. The molecule has 0 radical (unpaired) electrons. The van der Waals surface area contributed by atoms with E-state index in [9.17, 15) is 14.9 Å². The number of nitrogens with zero attached hydrogens (tertiary/aromatic N) is 2. The first-order valence-electron chi connectivity index (χ1n) is 6.72. The predicted molar refractivity (Wildman–Crippen MR) is 71.3 cm³/mol. The zero-order valence-corrected chi connectivity index (χ0v) is 11.0. The van der Waals surface area contributed by atoms with Crippen molar-refractivity contribution in [2.75, 3.05) is 13.2 Å². The SMILES string of the molecule is O=C1CC2COCC(C1)N2Cc1ccccc1[N+](=O)[O-]. The molecular weight excluding hydrogens is 260 g/mol. The van der Waals surface area contributed by atoms with Gasteiger partial charge in [0.1, 0.15) is 5.78 Å². The minimum atomic E-state index is -0.350. The number of rotatable bonds is 3. The van der Waals surface area contributed by atoms with Crippen molar-refractivity contribution in [2.45, 2.75) is 31.5 Å². The summed E-state index contributed by atoms with van der Waals surface area (Å²) in [5, 5.41) is 11.1. The summed E-state index contributed by atoms with van der Waals surface area (Å²) in [5.74, 6) is 0.266. The molecule has 2 fully saturated rings. The van der Waals surface area contributed by atoms with Crippen LogP contribution in [-0.4, -0.2) is 40.9 Å². The third-order valence-electron chi connectivity index (χ3n) is 4.03. The summed E-state index contributed by atoms with van der Waals surface area (Å²) < 4.78 is 5.50. The summed E-state index contributed by atoms with van der Waals surface area (Å²) in [6, 6.07) is 6.89. The summed E-state index contributed by atoms with van der Waals surface area (Å²) in [5.41, 5.74) is 0.840. The number of ketones is 1. The summed E-state index contributed by atoms with van der Waals surface area (Å²) in [6.45, 7) is 1.56. The van der Waals surface area contributed by atoms with Gasteiger partial charge in [-0.1, -0.05) is 18.2 Å². The number of carbonyl (C=O) groups is 1. The van der Waals surface area contributed by atoms with Gasteiger partial charge in [0.2, 0.25) is 0 Å². The van der Waals surface area contributed by atoms with Crippen molar-refractivity contribution in [2.24, 2.45) is 0 Å². The number of carbonyl (C=O) groups excluding carboxylic acids is 1. The fourth-order valence-electron chi connectivity index (χ4n) is 3.07. The zero-order chi connectivity index (χ0) is 14.1. The monoisotopic (exact) mass is 276 g/mol. The summed E-state index contributed by atoms with van der Waals surface area (Å²) in [7, 11) is 0. The van der Waals surface area contributed by atoms with E-state index >= 15 is 0 Å². The quantitative estimate of drug-likeness (QED) is 0.618. The Kier molecular flexibility index (Phi) is 3.50. The van der Waals surface area contributed by atoms with E-state index in [1.165, 1.54) is 6.07 Å². The number of para-hydroxylation sites is 1. The van der Waals surface area contributed by atoms with Crippen molar-refractivity contribution in [1.82, 2.24) is 4.90 Å². The van der Waals surface area contributed by atoms with E-state index < -0.39 is 0 Å². The van der Waals surface area contributed by atoms with Gasteiger partial charge in [-0.05, 0) is 0 Å². The molecule has 2 aliphatic rings. The van der Waals surface area contributed by atoms with Crippen LogP contribution in [0.3, 0.4) is 0 Å². The number of hydrogen-bond donors (Lipinski definition) is 0. The number of nitro benzene ring substituents is 1. The van der Waals surface area contributed by atoms with Crippen LogP contribution in [0.5, 0.6) is 0 Å². The second kappa shape index (κ2) is 5.30. The average molecular weight is 276 g/mol. The molecule has 0 spiro atoms. The molecule has 0 saturated carbocycles. The molecule has 20 heavy (non-hydrogen) atoms. The number of piperidine rings is 1. The molecule has 3 rings (SSSR count). The van der Waals surface area contributed by atoms with Crippen LogP contribution in [0.1, 0.15) is 18.4 Å². The highest BCUT2D eigenvalue weighted by Gasteiger charge is 2.38. The molecule has 106 valence electrons. The third-order valence-corrected chi connectivity index (χ3v) is 4.03. The Morgan fingerprint density at radius 1 is 1.25 bits per heavy atom. The van der Waals surface area contributed by atoms with E-state index in [1.807, 2.05) is 6.07 Å². The molecule has 2 unspecified atom stereocenters. The van der Waals surface area contributed by atoms with Gasteiger partial charge >= 0.3 is 0 Å².